The lowest BCUT2D eigenvalue weighted by atomic mass is 9.99. The Morgan fingerprint density at radius 3 is 2.56 bits per heavy atom. The van der Waals surface area contributed by atoms with E-state index in [0.717, 1.165) is 29.8 Å². The maximum atomic E-state index is 12.4. The van der Waals surface area contributed by atoms with Crippen molar-refractivity contribution in [1.82, 2.24) is 9.78 Å². The first kappa shape index (κ1) is 12.7. The third-order valence-corrected chi connectivity index (χ3v) is 3.46. The summed E-state index contributed by atoms with van der Waals surface area (Å²) in [5.41, 5.74) is 2.86. The molecule has 18 heavy (non-hydrogen) atoms. The maximum absolute atomic E-state index is 12.4. The normalized spacial score (nSPS) is 12.6. The number of nitrogens with one attached hydrogen (secondary N) is 1. The van der Waals surface area contributed by atoms with Gasteiger partial charge in [0, 0.05) is 11.3 Å². The lowest BCUT2D eigenvalue weighted by Crippen LogP contribution is -2.18. The summed E-state index contributed by atoms with van der Waals surface area (Å²) in [5, 5.41) is 3.16. The van der Waals surface area contributed by atoms with Crippen LogP contribution in [0.2, 0.25) is 0 Å². The molecule has 0 saturated carbocycles. The molecule has 2 aromatic rings. The van der Waals surface area contributed by atoms with E-state index in [1.54, 1.807) is 4.68 Å². The summed E-state index contributed by atoms with van der Waals surface area (Å²) in [5.74, 6) is 0.538. The van der Waals surface area contributed by atoms with Crippen molar-refractivity contribution in [1.29, 1.82) is 0 Å². The quantitative estimate of drug-likeness (QED) is 0.882. The van der Waals surface area contributed by atoms with Gasteiger partial charge in [-0.3, -0.25) is 9.89 Å². The highest BCUT2D eigenvalue weighted by molar-refractivity contribution is 5.32. The van der Waals surface area contributed by atoms with Gasteiger partial charge < -0.3 is 0 Å². The minimum absolute atomic E-state index is 0.0824. The first-order valence-corrected chi connectivity index (χ1v) is 6.49. The van der Waals surface area contributed by atoms with Crippen LogP contribution in [0.25, 0.3) is 5.69 Å². The largest absolute Gasteiger partial charge is 0.295 e. The number of rotatable bonds is 4. The molecule has 0 bridgehead atoms. The van der Waals surface area contributed by atoms with E-state index in [1.807, 2.05) is 37.3 Å². The van der Waals surface area contributed by atoms with E-state index < -0.39 is 0 Å². The molecule has 1 unspecified atom stereocenters. The molecule has 0 aliphatic rings. The van der Waals surface area contributed by atoms with Gasteiger partial charge >= 0.3 is 0 Å². The van der Waals surface area contributed by atoms with E-state index in [0.29, 0.717) is 5.92 Å². The third kappa shape index (κ3) is 2.40. The highest BCUT2D eigenvalue weighted by atomic mass is 16.1. The minimum atomic E-state index is 0.0824. The van der Waals surface area contributed by atoms with E-state index >= 15 is 0 Å². The van der Waals surface area contributed by atoms with Gasteiger partial charge in [0.15, 0.2) is 0 Å². The van der Waals surface area contributed by atoms with Crippen LogP contribution in [-0.2, 0) is 6.42 Å². The van der Waals surface area contributed by atoms with Crippen LogP contribution in [0.4, 0.5) is 0 Å². The number of para-hydroxylation sites is 1. The Hall–Kier alpha value is -1.77. The predicted molar refractivity (Wildman–Crippen MR) is 74.3 cm³/mol. The molecule has 1 aromatic carbocycles. The summed E-state index contributed by atoms with van der Waals surface area (Å²) in [4.78, 5) is 12.4. The molecule has 0 aliphatic carbocycles. The van der Waals surface area contributed by atoms with Gasteiger partial charge in [0.25, 0.3) is 5.56 Å². The van der Waals surface area contributed by atoms with Crippen molar-refractivity contribution in [3.05, 3.63) is 51.9 Å². The molecular weight excluding hydrogens is 224 g/mol. The Morgan fingerprint density at radius 2 is 1.94 bits per heavy atom. The van der Waals surface area contributed by atoms with Crippen molar-refractivity contribution < 1.29 is 0 Å². The Labute approximate surface area is 107 Å². The van der Waals surface area contributed by atoms with Gasteiger partial charge in [-0.2, -0.15) is 0 Å². The van der Waals surface area contributed by atoms with Gasteiger partial charge in [-0.1, -0.05) is 38.5 Å². The first-order valence-electron chi connectivity index (χ1n) is 6.49. The van der Waals surface area contributed by atoms with E-state index in [9.17, 15) is 4.79 Å². The molecule has 1 N–H and O–H groups in total. The second-order valence-corrected chi connectivity index (χ2v) is 4.91. The number of nitrogens with zero attached hydrogens (tertiary/aromatic N) is 1. The van der Waals surface area contributed by atoms with Crippen LogP contribution in [0.1, 0.15) is 31.5 Å². The zero-order valence-corrected chi connectivity index (χ0v) is 11.2. The lowest BCUT2D eigenvalue weighted by molar-refractivity contribution is 0.557. The first-order chi connectivity index (χ1) is 8.63. The topological polar surface area (TPSA) is 37.8 Å². The van der Waals surface area contributed by atoms with Gasteiger partial charge in [0.2, 0.25) is 0 Å². The number of H-pyrrole nitrogens is 1. The predicted octanol–water partition coefficient (Wildman–Crippen LogP) is 3.06. The molecule has 1 aromatic heterocycles. The van der Waals surface area contributed by atoms with Gasteiger partial charge in [-0.15, -0.1) is 0 Å². The molecule has 0 radical (unpaired) electrons. The molecule has 2 rings (SSSR count). The number of hydrogen-bond donors (Lipinski definition) is 1. The molecular formula is C15H20N2O. The summed E-state index contributed by atoms with van der Waals surface area (Å²) >= 11 is 0. The fourth-order valence-corrected chi connectivity index (χ4v) is 2.07. The number of hydrogen-bond acceptors (Lipinski definition) is 1. The fourth-order valence-electron chi connectivity index (χ4n) is 2.07. The molecule has 1 heterocycles. The monoisotopic (exact) mass is 244 g/mol. The summed E-state index contributed by atoms with van der Waals surface area (Å²) in [6, 6.07) is 9.69. The van der Waals surface area contributed by atoms with Crippen molar-refractivity contribution in [3.8, 4) is 5.69 Å². The summed E-state index contributed by atoms with van der Waals surface area (Å²) in [7, 11) is 0. The van der Waals surface area contributed by atoms with Crippen molar-refractivity contribution in [2.75, 3.05) is 0 Å². The summed E-state index contributed by atoms with van der Waals surface area (Å²) in [6.45, 7) is 6.31. The maximum Gasteiger partial charge on any atom is 0.274 e. The second-order valence-electron chi connectivity index (χ2n) is 4.91. The van der Waals surface area contributed by atoms with Crippen LogP contribution >= 0.6 is 0 Å². The van der Waals surface area contributed by atoms with Crippen LogP contribution in [-0.4, -0.2) is 9.78 Å². The average molecular weight is 244 g/mol. The van der Waals surface area contributed by atoms with Crippen molar-refractivity contribution in [2.24, 2.45) is 5.92 Å². The smallest absolute Gasteiger partial charge is 0.274 e. The molecule has 0 fully saturated rings. The number of aromatic amines is 1. The SMILES string of the molecule is CCC(C)Cc1c(C)[nH]n(-c2ccccc2)c1=O. The number of aryl methyl sites for hydroxylation is 1. The molecule has 96 valence electrons. The minimum Gasteiger partial charge on any atom is -0.295 e. The molecule has 1 atom stereocenters. The number of benzene rings is 1. The number of aromatic nitrogens is 2. The van der Waals surface area contributed by atoms with Crippen LogP contribution in [0, 0.1) is 12.8 Å². The fraction of sp³-hybridized carbons (Fsp3) is 0.400. The van der Waals surface area contributed by atoms with Crippen molar-refractivity contribution >= 4 is 0 Å². The standard InChI is InChI=1S/C15H20N2O/c1-4-11(2)10-14-12(3)16-17(15(14)18)13-8-6-5-7-9-13/h5-9,11,16H,4,10H2,1-3H3. The van der Waals surface area contributed by atoms with Crippen LogP contribution < -0.4 is 5.56 Å². The van der Waals surface area contributed by atoms with Crippen LogP contribution in [0.15, 0.2) is 35.1 Å². The molecule has 0 spiro atoms. The summed E-state index contributed by atoms with van der Waals surface area (Å²) in [6.07, 6.45) is 1.94. The summed E-state index contributed by atoms with van der Waals surface area (Å²) < 4.78 is 1.63. The Kier molecular flexibility index (Phi) is 3.70. The van der Waals surface area contributed by atoms with E-state index in [4.69, 9.17) is 0 Å². The zero-order chi connectivity index (χ0) is 13.1. The lowest BCUT2D eigenvalue weighted by Gasteiger charge is -2.05. The van der Waals surface area contributed by atoms with Gasteiger partial charge in [0.1, 0.15) is 0 Å². The highest BCUT2D eigenvalue weighted by Gasteiger charge is 2.14. The Morgan fingerprint density at radius 1 is 1.28 bits per heavy atom. The molecule has 3 nitrogen and oxygen atoms in total. The third-order valence-electron chi connectivity index (χ3n) is 3.46. The molecule has 3 heteroatoms. The van der Waals surface area contributed by atoms with E-state index in [1.165, 1.54) is 0 Å². The van der Waals surface area contributed by atoms with Gasteiger partial charge in [-0.05, 0) is 31.4 Å². The van der Waals surface area contributed by atoms with Gasteiger partial charge in [-0.25, -0.2) is 4.68 Å². The Bertz CT molecular complexity index is 566. The van der Waals surface area contributed by atoms with E-state index in [2.05, 4.69) is 18.9 Å². The molecule has 0 aliphatic heterocycles. The Balaban J connectivity index is 2.41. The zero-order valence-electron chi connectivity index (χ0n) is 11.2. The van der Waals surface area contributed by atoms with Crippen LogP contribution in [0.5, 0.6) is 0 Å². The van der Waals surface area contributed by atoms with Crippen LogP contribution in [0.3, 0.4) is 0 Å². The van der Waals surface area contributed by atoms with Crippen molar-refractivity contribution in [3.63, 3.8) is 0 Å². The van der Waals surface area contributed by atoms with Gasteiger partial charge in [0.05, 0.1) is 5.69 Å². The highest BCUT2D eigenvalue weighted by Crippen LogP contribution is 2.12. The average Bonchev–Trinajstić information content (AvgIpc) is 2.67. The molecule has 0 saturated heterocycles. The van der Waals surface area contributed by atoms with E-state index in [-0.39, 0.29) is 5.56 Å². The molecule has 0 amide bonds. The second kappa shape index (κ2) is 5.25. The van der Waals surface area contributed by atoms with Crippen molar-refractivity contribution in [2.45, 2.75) is 33.6 Å².